The van der Waals surface area contributed by atoms with Crippen LogP contribution in [0.2, 0.25) is 5.02 Å². The maximum absolute atomic E-state index is 13.0. The molecule has 28 heavy (non-hydrogen) atoms. The van der Waals surface area contributed by atoms with Gasteiger partial charge in [-0.3, -0.25) is 14.2 Å². The molecule has 3 aromatic rings. The summed E-state index contributed by atoms with van der Waals surface area (Å²) >= 11 is 7.72. The third-order valence-electron chi connectivity index (χ3n) is 4.11. The quantitative estimate of drug-likeness (QED) is 0.634. The summed E-state index contributed by atoms with van der Waals surface area (Å²) in [7, 11) is 0. The van der Waals surface area contributed by atoms with Crippen molar-refractivity contribution in [2.75, 3.05) is 23.5 Å². The molecule has 0 saturated carbocycles. The number of carbonyl (C=O) groups excluding carboxylic acids is 2. The Hall–Kier alpha value is -2.97. The van der Waals surface area contributed by atoms with E-state index in [0.29, 0.717) is 28.0 Å². The number of fused-ring (bicyclic) bond motifs is 1. The maximum atomic E-state index is 13.0. The van der Waals surface area contributed by atoms with Crippen LogP contribution in [0.3, 0.4) is 0 Å². The highest BCUT2D eigenvalue weighted by molar-refractivity contribution is 7.98. The molecule has 0 atom stereocenters. The Balaban J connectivity index is 1.67. The molecular weight excluding hydrogens is 400 g/mol. The molecule has 9 heteroatoms. The zero-order valence-corrected chi connectivity index (χ0v) is 16.3. The first-order valence-electron chi connectivity index (χ1n) is 8.31. The number of para-hydroxylation sites is 1. The molecule has 0 bridgehead atoms. The van der Waals surface area contributed by atoms with Crippen LogP contribution >= 0.6 is 23.4 Å². The Morgan fingerprint density at radius 3 is 2.86 bits per heavy atom. The van der Waals surface area contributed by atoms with E-state index in [1.54, 1.807) is 16.7 Å². The smallest absolute Gasteiger partial charge is 0.274 e. The van der Waals surface area contributed by atoms with Crippen molar-refractivity contribution in [2.24, 2.45) is 0 Å². The van der Waals surface area contributed by atoms with Crippen LogP contribution in [0, 0.1) is 0 Å². The Bertz CT molecular complexity index is 1070. The van der Waals surface area contributed by atoms with Gasteiger partial charge in [0.25, 0.3) is 11.8 Å². The van der Waals surface area contributed by atoms with Gasteiger partial charge in [0.2, 0.25) is 0 Å². The molecule has 0 fully saturated rings. The van der Waals surface area contributed by atoms with Crippen LogP contribution in [0.1, 0.15) is 10.5 Å². The van der Waals surface area contributed by atoms with Crippen molar-refractivity contribution < 1.29 is 14.3 Å². The lowest BCUT2D eigenvalue weighted by Gasteiger charge is -2.19. The van der Waals surface area contributed by atoms with E-state index in [2.05, 4.69) is 15.6 Å². The number of thioether (sulfide) groups is 1. The van der Waals surface area contributed by atoms with Crippen LogP contribution in [0.5, 0.6) is 5.75 Å². The van der Waals surface area contributed by atoms with E-state index in [1.807, 2.05) is 36.6 Å². The number of amides is 2. The highest BCUT2D eigenvalue weighted by Gasteiger charge is 2.22. The number of nitrogens with zero attached hydrogens (tertiary/aromatic N) is 2. The van der Waals surface area contributed by atoms with Crippen LogP contribution < -0.4 is 15.4 Å². The van der Waals surface area contributed by atoms with E-state index in [0.717, 1.165) is 5.69 Å². The largest absolute Gasteiger partial charge is 0.482 e. The van der Waals surface area contributed by atoms with E-state index in [4.69, 9.17) is 16.3 Å². The lowest BCUT2D eigenvalue weighted by molar-refractivity contribution is -0.118. The summed E-state index contributed by atoms with van der Waals surface area (Å²) < 4.78 is 7.17. The number of nitrogens with one attached hydrogen (secondary N) is 2. The minimum absolute atomic E-state index is 0.0835. The molecule has 0 aliphatic carbocycles. The first-order valence-corrected chi connectivity index (χ1v) is 9.92. The number of hydrogen-bond donors (Lipinski definition) is 2. The monoisotopic (exact) mass is 414 g/mol. The maximum Gasteiger partial charge on any atom is 0.274 e. The van der Waals surface area contributed by atoms with Gasteiger partial charge in [0.1, 0.15) is 11.4 Å². The van der Waals surface area contributed by atoms with Crippen molar-refractivity contribution in [1.82, 2.24) is 9.55 Å². The van der Waals surface area contributed by atoms with Gasteiger partial charge in [-0.2, -0.15) is 0 Å². The topological polar surface area (TPSA) is 85.2 Å². The summed E-state index contributed by atoms with van der Waals surface area (Å²) in [5, 5.41) is 6.46. The molecule has 2 amide bonds. The first-order chi connectivity index (χ1) is 13.6. The average Bonchev–Trinajstić information content (AvgIpc) is 3.13. The second kappa shape index (κ2) is 7.57. The standard InChI is InChI=1S/C19H15ClN4O3S/c1-28-19-21-9-15(24(19)11-5-3-2-4-6-11)18(26)23-13-8-16-14(7-12(13)20)22-17(25)10-27-16/h2-9H,10H2,1H3,(H,22,25)(H,23,26). The second-order valence-corrected chi connectivity index (χ2v) is 7.10. The van der Waals surface area contributed by atoms with E-state index in [-0.39, 0.29) is 23.4 Å². The molecule has 2 aromatic carbocycles. The van der Waals surface area contributed by atoms with Gasteiger partial charge in [-0.05, 0) is 24.5 Å². The number of imidazole rings is 1. The SMILES string of the molecule is CSc1ncc(C(=O)Nc2cc3c(cc2Cl)NC(=O)CO3)n1-c1ccccc1. The summed E-state index contributed by atoms with van der Waals surface area (Å²) in [6.45, 7) is -0.0835. The number of aromatic nitrogens is 2. The molecule has 1 aromatic heterocycles. The lowest BCUT2D eigenvalue weighted by Crippen LogP contribution is -2.25. The van der Waals surface area contributed by atoms with Gasteiger partial charge >= 0.3 is 0 Å². The first kappa shape index (κ1) is 18.4. The summed E-state index contributed by atoms with van der Waals surface area (Å²) in [4.78, 5) is 28.7. The van der Waals surface area contributed by atoms with Crippen LogP contribution in [-0.4, -0.2) is 34.2 Å². The predicted octanol–water partition coefficient (Wildman–Crippen LogP) is 3.83. The Kier molecular flexibility index (Phi) is 4.97. The van der Waals surface area contributed by atoms with E-state index in [9.17, 15) is 9.59 Å². The van der Waals surface area contributed by atoms with Crippen molar-refractivity contribution in [3.63, 3.8) is 0 Å². The molecule has 142 valence electrons. The normalized spacial score (nSPS) is 12.7. The Labute approximate surface area is 170 Å². The lowest BCUT2D eigenvalue weighted by atomic mass is 10.2. The number of halogens is 1. The van der Waals surface area contributed by atoms with Gasteiger partial charge in [-0.25, -0.2) is 4.98 Å². The number of ether oxygens (including phenoxy) is 1. The van der Waals surface area contributed by atoms with Crippen molar-refractivity contribution >= 4 is 46.6 Å². The van der Waals surface area contributed by atoms with Crippen molar-refractivity contribution in [2.45, 2.75) is 5.16 Å². The number of carbonyl (C=O) groups is 2. The molecule has 0 spiro atoms. The second-order valence-electron chi connectivity index (χ2n) is 5.92. The minimum atomic E-state index is -0.363. The fourth-order valence-corrected chi connectivity index (χ4v) is 3.60. The minimum Gasteiger partial charge on any atom is -0.482 e. The van der Waals surface area contributed by atoms with Gasteiger partial charge in [0.15, 0.2) is 11.8 Å². The van der Waals surface area contributed by atoms with E-state index in [1.165, 1.54) is 18.0 Å². The Morgan fingerprint density at radius 2 is 2.11 bits per heavy atom. The van der Waals surface area contributed by atoms with Crippen LogP contribution in [0.15, 0.2) is 53.8 Å². The van der Waals surface area contributed by atoms with Crippen LogP contribution in [0.25, 0.3) is 5.69 Å². The fraction of sp³-hybridized carbons (Fsp3) is 0.105. The molecule has 0 unspecified atom stereocenters. The molecule has 7 nitrogen and oxygen atoms in total. The van der Waals surface area contributed by atoms with Crippen LogP contribution in [0.4, 0.5) is 11.4 Å². The van der Waals surface area contributed by atoms with Crippen molar-refractivity contribution in [3.8, 4) is 11.4 Å². The van der Waals surface area contributed by atoms with Gasteiger partial charge in [-0.1, -0.05) is 41.6 Å². The summed E-state index contributed by atoms with van der Waals surface area (Å²) in [6, 6.07) is 12.6. The van der Waals surface area contributed by atoms with Crippen LogP contribution in [-0.2, 0) is 4.79 Å². The van der Waals surface area contributed by atoms with E-state index < -0.39 is 0 Å². The van der Waals surface area contributed by atoms with Gasteiger partial charge < -0.3 is 15.4 Å². The van der Waals surface area contributed by atoms with E-state index >= 15 is 0 Å². The highest BCUT2D eigenvalue weighted by atomic mass is 35.5. The zero-order valence-electron chi connectivity index (χ0n) is 14.7. The average molecular weight is 415 g/mol. The number of hydrogen-bond acceptors (Lipinski definition) is 5. The molecule has 0 saturated heterocycles. The summed E-state index contributed by atoms with van der Waals surface area (Å²) in [5.41, 5.74) is 2.06. The number of rotatable bonds is 4. The third kappa shape index (κ3) is 3.44. The number of anilines is 2. The number of benzene rings is 2. The third-order valence-corrected chi connectivity index (χ3v) is 5.08. The van der Waals surface area contributed by atoms with Crippen molar-refractivity contribution in [1.29, 1.82) is 0 Å². The molecule has 2 N–H and O–H groups in total. The molecule has 4 rings (SSSR count). The molecule has 2 heterocycles. The molecule has 1 aliphatic heterocycles. The predicted molar refractivity (Wildman–Crippen MR) is 109 cm³/mol. The van der Waals surface area contributed by atoms with Crippen molar-refractivity contribution in [3.05, 3.63) is 59.4 Å². The molecular formula is C19H15ClN4O3S. The van der Waals surface area contributed by atoms with Gasteiger partial charge in [0, 0.05) is 11.8 Å². The van der Waals surface area contributed by atoms with Gasteiger partial charge in [-0.15, -0.1) is 0 Å². The summed E-state index contributed by atoms with van der Waals surface area (Å²) in [5.74, 6) is -0.171. The molecule has 0 radical (unpaired) electrons. The molecule has 1 aliphatic rings. The fourth-order valence-electron chi connectivity index (χ4n) is 2.85. The Morgan fingerprint density at radius 1 is 1.32 bits per heavy atom. The van der Waals surface area contributed by atoms with Gasteiger partial charge in [0.05, 0.1) is 22.6 Å². The summed E-state index contributed by atoms with van der Waals surface area (Å²) in [6.07, 6.45) is 3.42. The zero-order chi connectivity index (χ0) is 19.7. The highest BCUT2D eigenvalue weighted by Crippen LogP contribution is 2.36.